The van der Waals surface area contributed by atoms with Gasteiger partial charge in [0.05, 0.1) is 5.69 Å². The van der Waals surface area contributed by atoms with Crippen molar-refractivity contribution in [2.24, 2.45) is 0 Å². The van der Waals surface area contributed by atoms with Gasteiger partial charge >= 0.3 is 0 Å². The van der Waals surface area contributed by atoms with Gasteiger partial charge in [-0.15, -0.1) is 0 Å². The number of nitrogens with zero attached hydrogens (tertiary/aromatic N) is 1. The summed E-state index contributed by atoms with van der Waals surface area (Å²) in [6, 6.07) is 16.7. The number of likely N-dealkylation sites (N-methyl/N-ethyl adjacent to an activating group) is 1. The lowest BCUT2D eigenvalue weighted by Gasteiger charge is -2.19. The number of benzene rings is 2. The van der Waals surface area contributed by atoms with Crippen LogP contribution in [0.3, 0.4) is 0 Å². The Kier molecular flexibility index (Phi) is 5.92. The Morgan fingerprint density at radius 2 is 1.81 bits per heavy atom. The van der Waals surface area contributed by atoms with Gasteiger partial charge in [0, 0.05) is 11.9 Å². The summed E-state index contributed by atoms with van der Waals surface area (Å²) in [7, 11) is 0. The molecule has 0 unspecified atom stereocenters. The predicted molar refractivity (Wildman–Crippen MR) is 104 cm³/mol. The lowest BCUT2D eigenvalue weighted by Crippen LogP contribution is -2.28. The van der Waals surface area contributed by atoms with E-state index in [1.165, 1.54) is 0 Å². The van der Waals surface area contributed by atoms with Gasteiger partial charge in [0.2, 0.25) is 0 Å². The van der Waals surface area contributed by atoms with E-state index in [1.807, 2.05) is 48.5 Å². The van der Waals surface area contributed by atoms with Crippen LogP contribution >= 0.6 is 0 Å². The summed E-state index contributed by atoms with van der Waals surface area (Å²) in [5.74, 6) is 0.647. The second kappa shape index (κ2) is 8.54. The lowest BCUT2D eigenvalue weighted by atomic mass is 10.2. The fourth-order valence-electron chi connectivity index (χ4n) is 2.80. The molecule has 0 atom stereocenters. The molecule has 1 N–H and O–H groups in total. The number of carbonyl (C=O) groups excluding carboxylic acids is 1. The average Bonchev–Trinajstić information content (AvgIpc) is 3.11. The minimum absolute atomic E-state index is 0.282. The molecule has 0 aliphatic rings. The summed E-state index contributed by atoms with van der Waals surface area (Å²) in [4.78, 5) is 14.8. The van der Waals surface area contributed by atoms with Crippen LogP contribution in [-0.4, -0.2) is 37.0 Å². The summed E-state index contributed by atoms with van der Waals surface area (Å²) in [6.45, 7) is 7.66. The van der Waals surface area contributed by atoms with Gasteiger partial charge in [0.25, 0.3) is 5.91 Å². The Morgan fingerprint density at radius 1 is 1.08 bits per heavy atom. The molecule has 2 aromatic carbocycles. The molecule has 1 heterocycles. The van der Waals surface area contributed by atoms with Gasteiger partial charge in [0.1, 0.15) is 17.9 Å². The number of furan rings is 1. The Labute approximate surface area is 153 Å². The average molecular weight is 352 g/mol. The van der Waals surface area contributed by atoms with E-state index in [9.17, 15) is 4.79 Å². The first-order valence-electron chi connectivity index (χ1n) is 8.95. The number of rotatable bonds is 8. The zero-order valence-corrected chi connectivity index (χ0v) is 15.2. The highest BCUT2D eigenvalue weighted by atomic mass is 16.5. The molecule has 0 spiro atoms. The zero-order chi connectivity index (χ0) is 18.4. The quantitative estimate of drug-likeness (QED) is 0.653. The Hall–Kier alpha value is -2.79. The largest absolute Gasteiger partial charge is 0.490 e. The molecular formula is C21H24N2O3. The molecule has 3 aromatic rings. The predicted octanol–water partition coefficient (Wildman–Crippen LogP) is 4.41. The third-order valence-electron chi connectivity index (χ3n) is 4.34. The fraction of sp³-hybridized carbons (Fsp3) is 0.286. The molecule has 0 radical (unpaired) electrons. The van der Waals surface area contributed by atoms with Crippen molar-refractivity contribution < 1.29 is 13.9 Å². The molecule has 0 aliphatic carbocycles. The molecule has 5 nitrogen and oxygen atoms in total. The number of carbonyl (C=O) groups is 1. The monoisotopic (exact) mass is 352 g/mol. The zero-order valence-electron chi connectivity index (χ0n) is 15.2. The third kappa shape index (κ3) is 4.24. The van der Waals surface area contributed by atoms with Crippen LogP contribution in [-0.2, 0) is 0 Å². The molecule has 0 saturated heterocycles. The number of anilines is 1. The van der Waals surface area contributed by atoms with Crippen molar-refractivity contribution in [1.82, 2.24) is 4.90 Å². The molecule has 136 valence electrons. The maximum atomic E-state index is 12.5. The molecule has 26 heavy (non-hydrogen) atoms. The first-order valence-corrected chi connectivity index (χ1v) is 8.95. The Morgan fingerprint density at radius 3 is 2.58 bits per heavy atom. The third-order valence-corrected chi connectivity index (χ3v) is 4.34. The van der Waals surface area contributed by atoms with E-state index in [-0.39, 0.29) is 11.7 Å². The van der Waals surface area contributed by atoms with E-state index in [0.29, 0.717) is 23.6 Å². The normalized spacial score (nSPS) is 11.0. The van der Waals surface area contributed by atoms with Crippen LogP contribution in [0.15, 0.2) is 59.0 Å². The Bertz CT molecular complexity index is 835. The summed E-state index contributed by atoms with van der Waals surface area (Å²) >= 11 is 0. The maximum absolute atomic E-state index is 12.5. The lowest BCUT2D eigenvalue weighted by molar-refractivity contribution is 0.0998. The smallest absolute Gasteiger partial charge is 0.291 e. The number of ether oxygens (including phenoxy) is 1. The van der Waals surface area contributed by atoms with Crippen molar-refractivity contribution in [1.29, 1.82) is 0 Å². The van der Waals surface area contributed by atoms with E-state index in [0.717, 1.165) is 25.0 Å². The number of para-hydroxylation sites is 3. The Balaban J connectivity index is 1.68. The van der Waals surface area contributed by atoms with Gasteiger partial charge in [-0.2, -0.15) is 0 Å². The van der Waals surface area contributed by atoms with Crippen LogP contribution in [0.5, 0.6) is 5.75 Å². The standard InChI is InChI=1S/C21H24N2O3/c1-3-23(4-2)13-14-25-19-12-8-6-10-17(19)22-21(24)20-15-16-9-5-7-11-18(16)26-20/h5-12,15H,3-4,13-14H2,1-2H3,(H,22,24). The second-order valence-corrected chi connectivity index (χ2v) is 5.97. The minimum Gasteiger partial charge on any atom is -0.490 e. The maximum Gasteiger partial charge on any atom is 0.291 e. The van der Waals surface area contributed by atoms with Crippen molar-refractivity contribution in [3.05, 3.63) is 60.4 Å². The number of nitrogens with one attached hydrogen (secondary N) is 1. The summed E-state index contributed by atoms with van der Waals surface area (Å²) in [6.07, 6.45) is 0. The van der Waals surface area contributed by atoms with E-state index >= 15 is 0 Å². The SMILES string of the molecule is CCN(CC)CCOc1ccccc1NC(=O)c1cc2ccccc2o1. The molecular weight excluding hydrogens is 328 g/mol. The number of hydrogen-bond donors (Lipinski definition) is 1. The van der Waals surface area contributed by atoms with E-state index in [1.54, 1.807) is 6.07 Å². The van der Waals surface area contributed by atoms with Gasteiger partial charge < -0.3 is 19.4 Å². The van der Waals surface area contributed by atoms with Crippen LogP contribution in [0.4, 0.5) is 5.69 Å². The van der Waals surface area contributed by atoms with Gasteiger partial charge in [-0.1, -0.05) is 44.2 Å². The summed E-state index contributed by atoms with van der Waals surface area (Å²) in [5, 5.41) is 3.79. The van der Waals surface area contributed by atoms with Crippen LogP contribution in [0.1, 0.15) is 24.4 Å². The highest BCUT2D eigenvalue weighted by Crippen LogP contribution is 2.25. The van der Waals surface area contributed by atoms with Crippen LogP contribution in [0.25, 0.3) is 11.0 Å². The molecule has 3 rings (SSSR count). The van der Waals surface area contributed by atoms with Crippen LogP contribution in [0, 0.1) is 0 Å². The number of fused-ring (bicyclic) bond motifs is 1. The molecule has 1 aromatic heterocycles. The van der Waals surface area contributed by atoms with E-state index in [4.69, 9.17) is 9.15 Å². The number of amides is 1. The molecule has 0 fully saturated rings. The van der Waals surface area contributed by atoms with Crippen molar-refractivity contribution in [2.75, 3.05) is 31.6 Å². The van der Waals surface area contributed by atoms with Gasteiger partial charge in [-0.3, -0.25) is 4.79 Å². The van der Waals surface area contributed by atoms with Crippen molar-refractivity contribution in [3.63, 3.8) is 0 Å². The van der Waals surface area contributed by atoms with Gasteiger partial charge in [-0.05, 0) is 37.4 Å². The first-order chi connectivity index (χ1) is 12.7. The molecule has 0 bridgehead atoms. The molecule has 0 aliphatic heterocycles. The van der Waals surface area contributed by atoms with Gasteiger partial charge in [0.15, 0.2) is 5.76 Å². The van der Waals surface area contributed by atoms with Crippen molar-refractivity contribution in [3.8, 4) is 5.75 Å². The molecule has 5 heteroatoms. The van der Waals surface area contributed by atoms with E-state index < -0.39 is 0 Å². The molecule has 1 amide bonds. The summed E-state index contributed by atoms with van der Waals surface area (Å²) < 4.78 is 11.5. The topological polar surface area (TPSA) is 54.7 Å². The van der Waals surface area contributed by atoms with Crippen LogP contribution in [0.2, 0.25) is 0 Å². The highest BCUT2D eigenvalue weighted by molar-refractivity contribution is 6.05. The summed E-state index contributed by atoms with van der Waals surface area (Å²) in [5.41, 5.74) is 1.33. The van der Waals surface area contributed by atoms with Crippen molar-refractivity contribution in [2.45, 2.75) is 13.8 Å². The van der Waals surface area contributed by atoms with E-state index in [2.05, 4.69) is 24.1 Å². The van der Waals surface area contributed by atoms with Gasteiger partial charge in [-0.25, -0.2) is 0 Å². The fourth-order valence-corrected chi connectivity index (χ4v) is 2.80. The van der Waals surface area contributed by atoms with Crippen molar-refractivity contribution >= 4 is 22.6 Å². The minimum atomic E-state index is -0.291. The second-order valence-electron chi connectivity index (χ2n) is 5.97. The first kappa shape index (κ1) is 18.0. The van der Waals surface area contributed by atoms with Crippen LogP contribution < -0.4 is 10.1 Å². The molecule has 0 saturated carbocycles. The number of hydrogen-bond acceptors (Lipinski definition) is 4. The highest BCUT2D eigenvalue weighted by Gasteiger charge is 2.14.